The Labute approximate surface area is 129 Å². The number of carbonyl (C=O) groups is 1. The number of hydrogen-bond acceptors (Lipinski definition) is 4. The van der Waals surface area contributed by atoms with E-state index < -0.39 is 11.7 Å². The molecule has 1 amide bonds. The molecule has 6 nitrogen and oxygen atoms in total. The van der Waals surface area contributed by atoms with E-state index in [4.69, 9.17) is 11.6 Å². The summed E-state index contributed by atoms with van der Waals surface area (Å²) in [5, 5.41) is 0.0203. The van der Waals surface area contributed by atoms with Crippen molar-refractivity contribution in [1.82, 2.24) is 19.6 Å². The monoisotopic (exact) mass is 317 g/mol. The second-order valence-electron chi connectivity index (χ2n) is 4.29. The number of amides is 1. The number of carbonyl (C=O) groups excluding carboxylic acids is 1. The van der Waals surface area contributed by atoms with Crippen molar-refractivity contribution in [1.29, 1.82) is 0 Å². The molecule has 1 aromatic carbocycles. The number of hydrogen-bond donors (Lipinski definition) is 1. The van der Waals surface area contributed by atoms with Gasteiger partial charge in [0.05, 0.1) is 5.02 Å². The lowest BCUT2D eigenvalue weighted by Crippen LogP contribution is -2.23. The van der Waals surface area contributed by atoms with Crippen LogP contribution >= 0.6 is 11.6 Å². The van der Waals surface area contributed by atoms with Gasteiger partial charge >= 0.3 is 0 Å². The van der Waals surface area contributed by atoms with E-state index in [9.17, 15) is 9.18 Å². The van der Waals surface area contributed by atoms with E-state index in [0.717, 1.165) is 0 Å². The Kier molecular flexibility index (Phi) is 3.80. The van der Waals surface area contributed by atoms with E-state index >= 15 is 0 Å². The van der Waals surface area contributed by atoms with E-state index in [1.807, 2.05) is 0 Å². The molecule has 2 heterocycles. The summed E-state index contributed by atoms with van der Waals surface area (Å²) in [6, 6.07) is 5.77. The minimum atomic E-state index is -0.559. The third kappa shape index (κ3) is 2.79. The Morgan fingerprint density at radius 2 is 2.09 bits per heavy atom. The normalized spacial score (nSPS) is 10.5. The summed E-state index contributed by atoms with van der Waals surface area (Å²) in [5.41, 5.74) is 3.30. The van der Waals surface area contributed by atoms with E-state index in [1.165, 1.54) is 41.6 Å². The van der Waals surface area contributed by atoms with Gasteiger partial charge in [-0.2, -0.15) is 0 Å². The van der Waals surface area contributed by atoms with Crippen LogP contribution in [0.4, 0.5) is 4.39 Å². The predicted octanol–water partition coefficient (Wildman–Crippen LogP) is 2.52. The third-order valence-electron chi connectivity index (χ3n) is 2.86. The molecule has 0 spiro atoms. The quantitative estimate of drug-likeness (QED) is 0.805. The lowest BCUT2D eigenvalue weighted by atomic mass is 10.2. The molecule has 0 saturated carbocycles. The van der Waals surface area contributed by atoms with E-state index in [1.54, 1.807) is 12.3 Å². The highest BCUT2D eigenvalue weighted by molar-refractivity contribution is 6.30. The summed E-state index contributed by atoms with van der Waals surface area (Å²) >= 11 is 5.66. The zero-order valence-corrected chi connectivity index (χ0v) is 11.8. The number of nitrogens with zero attached hydrogens (tertiary/aromatic N) is 4. The lowest BCUT2D eigenvalue weighted by molar-refractivity contribution is 0.100. The van der Waals surface area contributed by atoms with Crippen LogP contribution in [0.25, 0.3) is 11.4 Å². The van der Waals surface area contributed by atoms with Crippen LogP contribution in [0.5, 0.6) is 0 Å². The number of benzene rings is 1. The molecule has 3 aromatic rings. The van der Waals surface area contributed by atoms with Gasteiger partial charge in [0, 0.05) is 24.2 Å². The highest BCUT2D eigenvalue weighted by Crippen LogP contribution is 2.22. The van der Waals surface area contributed by atoms with Crippen LogP contribution in [0, 0.1) is 5.82 Å². The molecule has 8 heteroatoms. The van der Waals surface area contributed by atoms with Crippen molar-refractivity contribution < 1.29 is 9.18 Å². The molecule has 0 saturated heterocycles. The lowest BCUT2D eigenvalue weighted by Gasteiger charge is -2.09. The highest BCUT2D eigenvalue weighted by Gasteiger charge is 2.12. The minimum Gasteiger partial charge on any atom is -0.266 e. The largest absolute Gasteiger partial charge is 0.288 e. The Morgan fingerprint density at radius 1 is 1.23 bits per heavy atom. The summed E-state index contributed by atoms with van der Waals surface area (Å²) in [6.45, 7) is 0. The standard InChI is InChI=1S/C14H9ClFN5O/c15-10-2-1-9(7-11(10)16)13-18-5-6-21(13)20-14(22)12-3-4-17-8-19-12/h1-8H,(H,20,22). The maximum Gasteiger partial charge on any atom is 0.288 e. The van der Waals surface area contributed by atoms with Crippen LogP contribution < -0.4 is 5.43 Å². The average molecular weight is 318 g/mol. The molecule has 110 valence electrons. The number of imidazole rings is 1. The van der Waals surface area contributed by atoms with Gasteiger partial charge in [0.2, 0.25) is 0 Å². The first-order valence-electron chi connectivity index (χ1n) is 6.21. The summed E-state index contributed by atoms with van der Waals surface area (Å²) in [6.07, 6.45) is 5.77. The van der Waals surface area contributed by atoms with Crippen LogP contribution in [0.15, 0.2) is 49.2 Å². The van der Waals surface area contributed by atoms with Crippen molar-refractivity contribution in [2.24, 2.45) is 0 Å². The fourth-order valence-corrected chi connectivity index (χ4v) is 1.95. The Bertz CT molecular complexity index is 821. The van der Waals surface area contributed by atoms with Crippen molar-refractivity contribution in [2.45, 2.75) is 0 Å². The SMILES string of the molecule is O=C(Nn1ccnc1-c1ccc(Cl)c(F)c1)c1ccncn1. The van der Waals surface area contributed by atoms with Crippen LogP contribution in [0.3, 0.4) is 0 Å². The van der Waals surface area contributed by atoms with Crippen molar-refractivity contribution >= 4 is 17.5 Å². The number of aromatic nitrogens is 4. The molecular formula is C14H9ClFN5O. The van der Waals surface area contributed by atoms with Gasteiger partial charge in [0.25, 0.3) is 5.91 Å². The second kappa shape index (κ2) is 5.90. The van der Waals surface area contributed by atoms with Crippen molar-refractivity contribution in [3.05, 3.63) is 65.7 Å². The maximum atomic E-state index is 13.6. The molecule has 0 radical (unpaired) electrons. The van der Waals surface area contributed by atoms with Crippen molar-refractivity contribution in [2.75, 3.05) is 5.43 Å². The van der Waals surface area contributed by atoms with Gasteiger partial charge in [0.15, 0.2) is 5.82 Å². The van der Waals surface area contributed by atoms with E-state index in [-0.39, 0.29) is 10.7 Å². The topological polar surface area (TPSA) is 72.7 Å². The smallest absolute Gasteiger partial charge is 0.266 e. The van der Waals surface area contributed by atoms with Crippen molar-refractivity contribution in [3.63, 3.8) is 0 Å². The first kappa shape index (κ1) is 14.2. The van der Waals surface area contributed by atoms with E-state index in [0.29, 0.717) is 11.4 Å². The third-order valence-corrected chi connectivity index (χ3v) is 3.16. The Balaban J connectivity index is 1.89. The summed E-state index contributed by atoms with van der Waals surface area (Å²) < 4.78 is 14.9. The zero-order chi connectivity index (χ0) is 15.5. The molecule has 0 aliphatic heterocycles. The van der Waals surface area contributed by atoms with Gasteiger partial charge in [-0.05, 0) is 24.3 Å². The molecule has 0 atom stereocenters. The van der Waals surface area contributed by atoms with Gasteiger partial charge in [-0.15, -0.1) is 0 Å². The first-order chi connectivity index (χ1) is 10.6. The maximum absolute atomic E-state index is 13.6. The number of halogens is 2. The van der Waals surface area contributed by atoms with Gasteiger partial charge in [-0.3, -0.25) is 10.2 Å². The highest BCUT2D eigenvalue weighted by atomic mass is 35.5. The molecule has 0 fully saturated rings. The molecule has 1 N–H and O–H groups in total. The Hall–Kier alpha value is -2.80. The molecule has 22 heavy (non-hydrogen) atoms. The van der Waals surface area contributed by atoms with Gasteiger partial charge in [0.1, 0.15) is 17.8 Å². The van der Waals surface area contributed by atoms with Gasteiger partial charge in [-0.25, -0.2) is 24.0 Å². The summed E-state index contributed by atoms with van der Waals surface area (Å²) in [5.74, 6) is -0.620. The Morgan fingerprint density at radius 3 is 2.82 bits per heavy atom. The predicted molar refractivity (Wildman–Crippen MR) is 78.4 cm³/mol. The van der Waals surface area contributed by atoms with Crippen LogP contribution in [-0.2, 0) is 0 Å². The summed E-state index contributed by atoms with van der Waals surface area (Å²) in [4.78, 5) is 23.8. The van der Waals surface area contributed by atoms with Crippen LogP contribution in [0.1, 0.15) is 10.5 Å². The molecule has 2 aromatic heterocycles. The molecule has 0 aliphatic rings. The first-order valence-corrected chi connectivity index (χ1v) is 6.59. The van der Waals surface area contributed by atoms with Gasteiger partial charge in [-0.1, -0.05) is 11.6 Å². The number of nitrogens with one attached hydrogen (secondary N) is 1. The van der Waals surface area contributed by atoms with Crippen molar-refractivity contribution in [3.8, 4) is 11.4 Å². The van der Waals surface area contributed by atoms with Crippen LogP contribution in [-0.4, -0.2) is 25.5 Å². The second-order valence-corrected chi connectivity index (χ2v) is 4.69. The molecule has 0 bridgehead atoms. The van der Waals surface area contributed by atoms with Crippen LogP contribution in [0.2, 0.25) is 5.02 Å². The summed E-state index contributed by atoms with van der Waals surface area (Å²) in [7, 11) is 0. The molecule has 0 unspecified atom stereocenters. The molecular weight excluding hydrogens is 309 g/mol. The van der Waals surface area contributed by atoms with Gasteiger partial charge < -0.3 is 0 Å². The average Bonchev–Trinajstić information content (AvgIpc) is 2.99. The minimum absolute atomic E-state index is 0.0203. The fourth-order valence-electron chi connectivity index (χ4n) is 1.83. The van der Waals surface area contributed by atoms with E-state index in [2.05, 4.69) is 20.4 Å². The number of rotatable bonds is 3. The zero-order valence-electron chi connectivity index (χ0n) is 11.1. The fraction of sp³-hybridized carbons (Fsp3) is 0. The molecule has 3 rings (SSSR count). The molecule has 0 aliphatic carbocycles.